The van der Waals surface area contributed by atoms with Crippen LogP contribution in [0, 0.1) is 0 Å². The fourth-order valence-electron chi connectivity index (χ4n) is 3.60. The minimum absolute atomic E-state index is 0.0328. The topological polar surface area (TPSA) is 72.5 Å². The lowest BCUT2D eigenvalue weighted by Crippen LogP contribution is -2.34. The molecule has 0 radical (unpaired) electrons. The summed E-state index contributed by atoms with van der Waals surface area (Å²) in [6, 6.07) is 9.48. The van der Waals surface area contributed by atoms with Gasteiger partial charge in [-0.15, -0.1) is 0 Å². The first-order chi connectivity index (χ1) is 13.3. The number of carbonyl (C=O) groups is 1. The number of benzene rings is 1. The van der Waals surface area contributed by atoms with Crippen molar-refractivity contribution in [1.29, 1.82) is 0 Å². The van der Waals surface area contributed by atoms with Crippen molar-refractivity contribution in [2.75, 3.05) is 18.5 Å². The summed E-state index contributed by atoms with van der Waals surface area (Å²) in [6.45, 7) is 1.12. The molecular formula is C21H25N3O3. The zero-order valence-electron chi connectivity index (χ0n) is 15.4. The maximum Gasteiger partial charge on any atom is 0.251 e. The van der Waals surface area contributed by atoms with E-state index in [9.17, 15) is 4.79 Å². The molecule has 4 rings (SSSR count). The van der Waals surface area contributed by atoms with Crippen LogP contribution in [0.4, 0.5) is 11.5 Å². The summed E-state index contributed by atoms with van der Waals surface area (Å²) in [6.07, 6.45) is 8.72. The molecule has 1 fully saturated rings. The Hall–Kier alpha value is -2.76. The average molecular weight is 367 g/mol. The van der Waals surface area contributed by atoms with Crippen molar-refractivity contribution in [3.05, 3.63) is 42.1 Å². The van der Waals surface area contributed by atoms with Crippen molar-refractivity contribution >= 4 is 17.4 Å². The van der Waals surface area contributed by atoms with Gasteiger partial charge in [-0.1, -0.05) is 25.7 Å². The molecule has 1 aliphatic heterocycles. The van der Waals surface area contributed by atoms with Crippen LogP contribution >= 0.6 is 0 Å². The summed E-state index contributed by atoms with van der Waals surface area (Å²) < 4.78 is 11.1. The number of aromatic nitrogens is 1. The van der Waals surface area contributed by atoms with Gasteiger partial charge in [0, 0.05) is 29.6 Å². The molecule has 6 heteroatoms. The summed E-state index contributed by atoms with van der Waals surface area (Å²) in [7, 11) is 0. The number of amides is 1. The number of hydrogen-bond acceptors (Lipinski definition) is 5. The molecule has 2 aliphatic rings. The zero-order valence-corrected chi connectivity index (χ0v) is 15.4. The lowest BCUT2D eigenvalue weighted by molar-refractivity contribution is 0.0933. The van der Waals surface area contributed by atoms with Crippen LogP contribution in [0.3, 0.4) is 0 Å². The second-order valence-corrected chi connectivity index (χ2v) is 7.08. The largest absolute Gasteiger partial charge is 0.486 e. The molecule has 0 unspecified atom stereocenters. The Morgan fingerprint density at radius 1 is 0.963 bits per heavy atom. The molecule has 0 atom stereocenters. The van der Waals surface area contributed by atoms with Gasteiger partial charge >= 0.3 is 0 Å². The number of pyridine rings is 1. The summed E-state index contributed by atoms with van der Waals surface area (Å²) in [5, 5.41) is 6.41. The normalized spacial score (nSPS) is 17.0. The van der Waals surface area contributed by atoms with Gasteiger partial charge in [0.05, 0.1) is 0 Å². The van der Waals surface area contributed by atoms with Gasteiger partial charge in [-0.05, 0) is 37.1 Å². The van der Waals surface area contributed by atoms with E-state index >= 15 is 0 Å². The van der Waals surface area contributed by atoms with Crippen LogP contribution in [-0.4, -0.2) is 30.1 Å². The minimum atomic E-state index is -0.0328. The van der Waals surface area contributed by atoms with Crippen molar-refractivity contribution in [2.45, 2.75) is 44.6 Å². The third-order valence-corrected chi connectivity index (χ3v) is 5.03. The molecule has 1 saturated carbocycles. The molecule has 6 nitrogen and oxygen atoms in total. The fraction of sp³-hybridized carbons (Fsp3) is 0.429. The van der Waals surface area contributed by atoms with E-state index < -0.39 is 0 Å². The predicted octanol–water partition coefficient (Wildman–Crippen LogP) is 4.05. The molecule has 2 N–H and O–H groups in total. The van der Waals surface area contributed by atoms with Gasteiger partial charge in [0.2, 0.25) is 0 Å². The van der Waals surface area contributed by atoms with Gasteiger partial charge in [0.1, 0.15) is 19.0 Å². The maximum atomic E-state index is 12.6. The number of ether oxygens (including phenoxy) is 2. The second kappa shape index (κ2) is 8.29. The third-order valence-electron chi connectivity index (χ3n) is 5.03. The molecule has 1 aromatic heterocycles. The summed E-state index contributed by atoms with van der Waals surface area (Å²) in [5.41, 5.74) is 1.46. The molecule has 2 heterocycles. The first kappa shape index (κ1) is 17.6. The molecule has 1 aliphatic carbocycles. The highest BCUT2D eigenvalue weighted by Crippen LogP contribution is 2.33. The van der Waals surface area contributed by atoms with Crippen LogP contribution in [0.1, 0.15) is 48.9 Å². The van der Waals surface area contributed by atoms with E-state index in [-0.39, 0.29) is 11.9 Å². The van der Waals surface area contributed by atoms with E-state index in [1.165, 1.54) is 25.7 Å². The van der Waals surface area contributed by atoms with E-state index in [4.69, 9.17) is 9.47 Å². The van der Waals surface area contributed by atoms with Crippen LogP contribution in [0.2, 0.25) is 0 Å². The molecule has 0 bridgehead atoms. The molecule has 27 heavy (non-hydrogen) atoms. The Morgan fingerprint density at radius 3 is 2.56 bits per heavy atom. The molecule has 142 valence electrons. The summed E-state index contributed by atoms with van der Waals surface area (Å²) in [5.74, 6) is 2.06. The second-order valence-electron chi connectivity index (χ2n) is 7.08. The summed E-state index contributed by atoms with van der Waals surface area (Å²) >= 11 is 0. The number of rotatable bonds is 4. The minimum Gasteiger partial charge on any atom is -0.486 e. The molecule has 1 aromatic carbocycles. The van der Waals surface area contributed by atoms with Crippen molar-refractivity contribution in [3.63, 3.8) is 0 Å². The highest BCUT2D eigenvalue weighted by Gasteiger charge is 2.16. The van der Waals surface area contributed by atoms with Crippen molar-refractivity contribution in [2.24, 2.45) is 0 Å². The lowest BCUT2D eigenvalue weighted by Gasteiger charge is -2.19. The van der Waals surface area contributed by atoms with Gasteiger partial charge in [-0.2, -0.15) is 0 Å². The van der Waals surface area contributed by atoms with Crippen LogP contribution in [0.5, 0.6) is 11.5 Å². The fourth-order valence-corrected chi connectivity index (χ4v) is 3.60. The number of hydrogen-bond donors (Lipinski definition) is 2. The van der Waals surface area contributed by atoms with Gasteiger partial charge in [0.25, 0.3) is 5.91 Å². The van der Waals surface area contributed by atoms with Crippen molar-refractivity contribution in [3.8, 4) is 11.5 Å². The van der Waals surface area contributed by atoms with E-state index in [0.717, 1.165) is 24.3 Å². The summed E-state index contributed by atoms with van der Waals surface area (Å²) in [4.78, 5) is 16.9. The van der Waals surface area contributed by atoms with E-state index in [1.807, 2.05) is 18.2 Å². The van der Waals surface area contributed by atoms with Crippen molar-refractivity contribution in [1.82, 2.24) is 10.3 Å². The third kappa shape index (κ3) is 4.51. The van der Waals surface area contributed by atoms with Gasteiger partial charge in [-0.3, -0.25) is 4.79 Å². The van der Waals surface area contributed by atoms with Crippen LogP contribution < -0.4 is 20.1 Å². The Kier molecular flexibility index (Phi) is 5.42. The quantitative estimate of drug-likeness (QED) is 0.798. The van der Waals surface area contributed by atoms with E-state index in [0.29, 0.717) is 30.3 Å². The molecule has 2 aromatic rings. The zero-order chi connectivity index (χ0) is 18.5. The van der Waals surface area contributed by atoms with Crippen LogP contribution in [0.15, 0.2) is 36.5 Å². The lowest BCUT2D eigenvalue weighted by atomic mass is 10.1. The highest BCUT2D eigenvalue weighted by molar-refractivity contribution is 5.95. The first-order valence-electron chi connectivity index (χ1n) is 9.71. The molecular weight excluding hydrogens is 342 g/mol. The van der Waals surface area contributed by atoms with Gasteiger partial charge in [-0.25, -0.2) is 4.98 Å². The SMILES string of the molecule is O=C(NC1CCCCCC1)c1ccnc(Nc2ccc3c(c2)OCCO3)c1. The molecule has 1 amide bonds. The van der Waals surface area contributed by atoms with Crippen LogP contribution in [0.25, 0.3) is 0 Å². The highest BCUT2D eigenvalue weighted by atomic mass is 16.6. The Balaban J connectivity index is 1.43. The number of fused-ring (bicyclic) bond motifs is 1. The van der Waals surface area contributed by atoms with Crippen LogP contribution in [-0.2, 0) is 0 Å². The monoisotopic (exact) mass is 367 g/mol. The van der Waals surface area contributed by atoms with Crippen molar-refractivity contribution < 1.29 is 14.3 Å². The number of nitrogens with zero attached hydrogens (tertiary/aromatic N) is 1. The smallest absolute Gasteiger partial charge is 0.251 e. The maximum absolute atomic E-state index is 12.6. The van der Waals surface area contributed by atoms with Gasteiger partial charge in [0.15, 0.2) is 11.5 Å². The van der Waals surface area contributed by atoms with Gasteiger partial charge < -0.3 is 20.1 Å². The Bertz CT molecular complexity index is 801. The number of nitrogens with one attached hydrogen (secondary N) is 2. The Morgan fingerprint density at radius 2 is 1.74 bits per heavy atom. The Labute approximate surface area is 159 Å². The van der Waals surface area contributed by atoms with E-state index in [2.05, 4.69) is 15.6 Å². The number of anilines is 2. The number of carbonyl (C=O) groups excluding carboxylic acids is 1. The molecule has 0 spiro atoms. The standard InChI is InChI=1S/C21H25N3O3/c25-21(24-16-5-3-1-2-4-6-16)15-9-10-22-20(13-15)23-17-7-8-18-19(14-17)27-12-11-26-18/h7-10,13-14,16H,1-6,11-12H2,(H,22,23)(H,24,25). The first-order valence-corrected chi connectivity index (χ1v) is 9.71. The predicted molar refractivity (Wildman–Crippen MR) is 104 cm³/mol. The molecule has 0 saturated heterocycles. The van der Waals surface area contributed by atoms with E-state index in [1.54, 1.807) is 18.3 Å². The average Bonchev–Trinajstić information content (AvgIpc) is 2.97.